The Hall–Kier alpha value is -2.19. The number of hydrogen-bond donors (Lipinski definition) is 2. The predicted molar refractivity (Wildman–Crippen MR) is 75.6 cm³/mol. The van der Waals surface area contributed by atoms with Crippen molar-refractivity contribution < 1.29 is 27.1 Å². The Balaban J connectivity index is 2.46. The summed E-state index contributed by atoms with van der Waals surface area (Å²) in [7, 11) is -4.34. The van der Waals surface area contributed by atoms with Crippen LogP contribution < -0.4 is 4.72 Å². The van der Waals surface area contributed by atoms with Crippen LogP contribution in [0.25, 0.3) is 0 Å². The van der Waals surface area contributed by atoms with Gasteiger partial charge in [-0.15, -0.1) is 0 Å². The average Bonchev–Trinajstić information content (AvgIpc) is 2.42. The number of carboxylic acid groups (broad SMARTS) is 1. The lowest BCUT2D eigenvalue weighted by Gasteiger charge is -2.11. The molecule has 0 aliphatic heterocycles. The van der Waals surface area contributed by atoms with Crippen LogP contribution in [0.4, 0.5) is 14.5 Å². The molecule has 0 heterocycles. The molecule has 0 radical (unpaired) electrons. The maximum atomic E-state index is 13.5. The zero-order valence-electron chi connectivity index (χ0n) is 10.7. The molecule has 0 amide bonds. The molecule has 0 saturated heterocycles. The number of sulfonamides is 1. The molecule has 0 bridgehead atoms. The summed E-state index contributed by atoms with van der Waals surface area (Å²) in [5, 5.41) is 8.63. The minimum absolute atomic E-state index is 0.236. The van der Waals surface area contributed by atoms with Crippen LogP contribution in [0, 0.1) is 11.6 Å². The van der Waals surface area contributed by atoms with Crippen molar-refractivity contribution in [3.63, 3.8) is 0 Å². The van der Waals surface area contributed by atoms with Crippen molar-refractivity contribution in [1.29, 1.82) is 0 Å². The molecular formula is C13H8ClF2NO4S. The fraction of sp³-hybridized carbons (Fsp3) is 0. The zero-order valence-corrected chi connectivity index (χ0v) is 12.3. The largest absolute Gasteiger partial charge is 0.478 e. The minimum atomic E-state index is -4.34. The van der Waals surface area contributed by atoms with Gasteiger partial charge >= 0.3 is 5.97 Å². The number of hydrogen-bond acceptors (Lipinski definition) is 3. The lowest BCUT2D eigenvalue weighted by molar-refractivity contribution is 0.0696. The van der Waals surface area contributed by atoms with E-state index in [9.17, 15) is 22.0 Å². The first-order chi connectivity index (χ1) is 10.2. The van der Waals surface area contributed by atoms with Gasteiger partial charge in [-0.1, -0.05) is 11.6 Å². The first-order valence-corrected chi connectivity index (χ1v) is 7.57. The van der Waals surface area contributed by atoms with E-state index in [2.05, 4.69) is 0 Å². The smallest absolute Gasteiger partial charge is 0.335 e. The Morgan fingerprint density at radius 1 is 1.14 bits per heavy atom. The van der Waals surface area contributed by atoms with Gasteiger partial charge in [0.25, 0.3) is 10.0 Å². The third-order valence-corrected chi connectivity index (χ3v) is 4.49. The highest BCUT2D eigenvalue weighted by Crippen LogP contribution is 2.26. The molecule has 22 heavy (non-hydrogen) atoms. The molecule has 2 rings (SSSR count). The zero-order chi connectivity index (χ0) is 16.5. The molecule has 2 aromatic carbocycles. The number of carbonyl (C=O) groups is 1. The molecule has 0 aromatic heterocycles. The minimum Gasteiger partial charge on any atom is -0.478 e. The van der Waals surface area contributed by atoms with Crippen molar-refractivity contribution in [2.24, 2.45) is 0 Å². The summed E-state index contributed by atoms with van der Waals surface area (Å²) in [5.74, 6) is -3.33. The van der Waals surface area contributed by atoms with Gasteiger partial charge in [0, 0.05) is 6.07 Å². The van der Waals surface area contributed by atoms with Gasteiger partial charge in [0.05, 0.1) is 16.3 Å². The van der Waals surface area contributed by atoms with Crippen LogP contribution in [0.1, 0.15) is 10.4 Å². The molecule has 0 spiro atoms. The van der Waals surface area contributed by atoms with E-state index >= 15 is 0 Å². The Bertz CT molecular complexity index is 855. The second-order valence-electron chi connectivity index (χ2n) is 4.18. The Kier molecular flexibility index (Phi) is 4.34. The number of halogens is 3. The number of benzene rings is 2. The van der Waals surface area contributed by atoms with E-state index in [4.69, 9.17) is 16.7 Å². The van der Waals surface area contributed by atoms with Crippen LogP contribution in [0.2, 0.25) is 5.02 Å². The van der Waals surface area contributed by atoms with Crippen molar-refractivity contribution in [2.45, 2.75) is 4.90 Å². The van der Waals surface area contributed by atoms with Crippen molar-refractivity contribution in [1.82, 2.24) is 0 Å². The summed E-state index contributed by atoms with van der Waals surface area (Å²) in [6.45, 7) is 0. The summed E-state index contributed by atoms with van der Waals surface area (Å²) in [4.78, 5) is 10.4. The van der Waals surface area contributed by atoms with E-state index in [1.54, 1.807) is 0 Å². The Morgan fingerprint density at radius 3 is 2.41 bits per heavy atom. The van der Waals surface area contributed by atoms with Crippen molar-refractivity contribution in [3.8, 4) is 0 Å². The molecule has 0 fully saturated rings. The fourth-order valence-electron chi connectivity index (χ4n) is 1.61. The summed E-state index contributed by atoms with van der Waals surface area (Å²) in [6.07, 6.45) is 0. The molecule has 0 saturated carbocycles. The second kappa shape index (κ2) is 5.90. The van der Waals surface area contributed by atoms with Crippen LogP contribution in [0.5, 0.6) is 0 Å². The fourth-order valence-corrected chi connectivity index (χ4v) is 3.21. The van der Waals surface area contributed by atoms with Gasteiger partial charge in [-0.25, -0.2) is 22.0 Å². The highest BCUT2D eigenvalue weighted by Gasteiger charge is 2.21. The van der Waals surface area contributed by atoms with E-state index in [-0.39, 0.29) is 10.6 Å². The first-order valence-electron chi connectivity index (χ1n) is 5.71. The summed E-state index contributed by atoms with van der Waals surface area (Å²) in [5.41, 5.74) is -0.789. The van der Waals surface area contributed by atoms with Gasteiger partial charge < -0.3 is 5.11 Å². The van der Waals surface area contributed by atoms with Crippen LogP contribution >= 0.6 is 11.6 Å². The van der Waals surface area contributed by atoms with Gasteiger partial charge in [-0.05, 0) is 30.3 Å². The maximum Gasteiger partial charge on any atom is 0.335 e. The quantitative estimate of drug-likeness (QED) is 0.890. The molecular weight excluding hydrogens is 340 g/mol. The van der Waals surface area contributed by atoms with Gasteiger partial charge in [-0.2, -0.15) is 0 Å². The van der Waals surface area contributed by atoms with Gasteiger partial charge in [0.2, 0.25) is 0 Å². The van der Waals surface area contributed by atoms with E-state index < -0.39 is 38.2 Å². The molecule has 2 N–H and O–H groups in total. The standard InChI is InChI=1S/C13H8ClF2NO4S/c14-9-3-1-7(13(18)19)5-12(9)22(20,21)17-11-4-2-8(15)6-10(11)16/h1-6,17H,(H,18,19). The number of aromatic carboxylic acids is 1. The molecule has 9 heteroatoms. The maximum absolute atomic E-state index is 13.5. The van der Waals surface area contributed by atoms with Crippen molar-refractivity contribution in [2.75, 3.05) is 4.72 Å². The molecule has 116 valence electrons. The number of rotatable bonds is 4. The van der Waals surface area contributed by atoms with Crippen LogP contribution in [-0.2, 0) is 10.0 Å². The second-order valence-corrected chi connectivity index (χ2v) is 6.24. The van der Waals surface area contributed by atoms with Crippen molar-refractivity contribution in [3.05, 3.63) is 58.6 Å². The molecule has 5 nitrogen and oxygen atoms in total. The Labute approximate surface area is 129 Å². The molecule has 0 atom stereocenters. The third kappa shape index (κ3) is 3.34. The SMILES string of the molecule is O=C(O)c1ccc(Cl)c(S(=O)(=O)Nc2ccc(F)cc2F)c1. The van der Waals surface area contributed by atoms with Gasteiger partial charge in [0.15, 0.2) is 0 Å². The van der Waals surface area contributed by atoms with Crippen LogP contribution in [0.3, 0.4) is 0 Å². The van der Waals surface area contributed by atoms with E-state index in [0.29, 0.717) is 6.07 Å². The monoisotopic (exact) mass is 347 g/mol. The normalized spacial score (nSPS) is 11.2. The number of carboxylic acids is 1. The molecule has 0 aliphatic carbocycles. The van der Waals surface area contributed by atoms with E-state index in [1.165, 1.54) is 0 Å². The molecule has 0 aliphatic rings. The highest BCUT2D eigenvalue weighted by molar-refractivity contribution is 7.92. The molecule has 0 unspecified atom stereocenters. The van der Waals surface area contributed by atoms with Crippen LogP contribution in [-0.4, -0.2) is 19.5 Å². The number of nitrogens with one attached hydrogen (secondary N) is 1. The predicted octanol–water partition coefficient (Wildman–Crippen LogP) is 3.12. The summed E-state index contributed by atoms with van der Waals surface area (Å²) >= 11 is 5.75. The average molecular weight is 348 g/mol. The summed E-state index contributed by atoms with van der Waals surface area (Å²) in [6, 6.07) is 5.34. The van der Waals surface area contributed by atoms with E-state index in [1.807, 2.05) is 4.72 Å². The third-order valence-electron chi connectivity index (χ3n) is 2.64. The summed E-state index contributed by atoms with van der Waals surface area (Å²) < 4.78 is 52.6. The lowest BCUT2D eigenvalue weighted by atomic mass is 10.2. The topological polar surface area (TPSA) is 83.5 Å². The first kappa shape index (κ1) is 16.2. The number of anilines is 1. The van der Waals surface area contributed by atoms with Crippen LogP contribution in [0.15, 0.2) is 41.3 Å². The van der Waals surface area contributed by atoms with Gasteiger partial charge in [-0.3, -0.25) is 4.72 Å². The van der Waals surface area contributed by atoms with Crippen molar-refractivity contribution >= 4 is 33.3 Å². The Morgan fingerprint density at radius 2 is 1.82 bits per heavy atom. The highest BCUT2D eigenvalue weighted by atomic mass is 35.5. The molecule has 2 aromatic rings. The van der Waals surface area contributed by atoms with Gasteiger partial charge in [0.1, 0.15) is 16.5 Å². The lowest BCUT2D eigenvalue weighted by Crippen LogP contribution is -2.15. The van der Waals surface area contributed by atoms with E-state index in [0.717, 1.165) is 30.3 Å².